The fourth-order valence-corrected chi connectivity index (χ4v) is 2.12. The summed E-state index contributed by atoms with van der Waals surface area (Å²) < 4.78 is 31.9. The van der Waals surface area contributed by atoms with E-state index in [0.29, 0.717) is 17.0 Å². The van der Waals surface area contributed by atoms with Gasteiger partial charge in [0.2, 0.25) is 5.91 Å². The van der Waals surface area contributed by atoms with Gasteiger partial charge in [-0.05, 0) is 26.0 Å². The summed E-state index contributed by atoms with van der Waals surface area (Å²) >= 11 is 0. The van der Waals surface area contributed by atoms with E-state index < -0.39 is 29.2 Å². The zero-order chi connectivity index (χ0) is 16.3. The van der Waals surface area contributed by atoms with Gasteiger partial charge in [-0.1, -0.05) is 11.2 Å². The van der Waals surface area contributed by atoms with Crippen molar-refractivity contribution in [3.8, 4) is 0 Å². The van der Waals surface area contributed by atoms with Crippen molar-refractivity contribution in [1.82, 2.24) is 10.5 Å². The lowest BCUT2D eigenvalue weighted by atomic mass is 10.1. The predicted molar refractivity (Wildman–Crippen MR) is 74.0 cm³/mol. The molecule has 22 heavy (non-hydrogen) atoms. The highest BCUT2D eigenvalue weighted by molar-refractivity contribution is 5.79. The molecule has 0 spiro atoms. The summed E-state index contributed by atoms with van der Waals surface area (Å²) in [7, 11) is 0. The summed E-state index contributed by atoms with van der Waals surface area (Å²) in [5.74, 6) is -1.57. The van der Waals surface area contributed by atoms with Crippen LogP contribution in [0.4, 0.5) is 8.78 Å². The maximum absolute atomic E-state index is 13.5. The highest BCUT2D eigenvalue weighted by Crippen LogP contribution is 2.20. The molecular formula is C15H16F2N2O3. The minimum Gasteiger partial charge on any atom is -0.386 e. The van der Waals surface area contributed by atoms with Crippen LogP contribution in [0.1, 0.15) is 28.7 Å². The van der Waals surface area contributed by atoms with Gasteiger partial charge in [0.05, 0.1) is 17.7 Å². The van der Waals surface area contributed by atoms with Crippen LogP contribution in [0, 0.1) is 25.5 Å². The van der Waals surface area contributed by atoms with Crippen molar-refractivity contribution in [2.45, 2.75) is 26.4 Å². The fourth-order valence-electron chi connectivity index (χ4n) is 2.12. The summed E-state index contributed by atoms with van der Waals surface area (Å²) in [5, 5.41) is 16.0. The number of benzene rings is 1. The number of halogens is 2. The van der Waals surface area contributed by atoms with Crippen LogP contribution in [0.3, 0.4) is 0 Å². The molecule has 0 saturated heterocycles. The van der Waals surface area contributed by atoms with Crippen molar-refractivity contribution in [2.75, 3.05) is 6.54 Å². The van der Waals surface area contributed by atoms with E-state index in [1.54, 1.807) is 13.8 Å². The number of nitrogens with one attached hydrogen (secondary N) is 1. The van der Waals surface area contributed by atoms with E-state index in [-0.39, 0.29) is 13.0 Å². The average molecular weight is 310 g/mol. The predicted octanol–water partition coefficient (Wildman–Crippen LogP) is 1.96. The molecule has 0 bridgehead atoms. The van der Waals surface area contributed by atoms with Crippen molar-refractivity contribution < 1.29 is 23.2 Å². The number of aromatic nitrogens is 1. The second-order valence-electron chi connectivity index (χ2n) is 4.93. The molecule has 7 heteroatoms. The Morgan fingerprint density at radius 2 is 2.00 bits per heavy atom. The number of carbonyl (C=O) groups excluding carboxylic acids is 1. The number of hydrogen-bond donors (Lipinski definition) is 2. The van der Waals surface area contributed by atoms with Crippen LogP contribution in [0.5, 0.6) is 0 Å². The van der Waals surface area contributed by atoms with Gasteiger partial charge >= 0.3 is 0 Å². The standard InChI is InChI=1S/C15H16F2N2O3/c1-8-10(9(2)22-19-8)6-14(21)18-7-13(20)15-11(16)4-3-5-12(15)17/h3-5,13,20H,6-7H2,1-2H3,(H,18,21)/t13-/m0/s1. The van der Waals surface area contributed by atoms with Crippen LogP contribution < -0.4 is 5.32 Å². The highest BCUT2D eigenvalue weighted by Gasteiger charge is 2.19. The largest absolute Gasteiger partial charge is 0.386 e. The van der Waals surface area contributed by atoms with E-state index >= 15 is 0 Å². The highest BCUT2D eigenvalue weighted by atomic mass is 19.1. The zero-order valence-corrected chi connectivity index (χ0v) is 12.2. The Kier molecular flexibility index (Phi) is 4.87. The van der Waals surface area contributed by atoms with Crippen molar-refractivity contribution in [3.05, 3.63) is 52.4 Å². The quantitative estimate of drug-likeness (QED) is 0.885. The molecule has 0 aliphatic rings. The van der Waals surface area contributed by atoms with Crippen LogP contribution in [0.2, 0.25) is 0 Å². The second-order valence-corrected chi connectivity index (χ2v) is 4.93. The number of hydrogen-bond acceptors (Lipinski definition) is 4. The molecule has 1 aromatic carbocycles. The Morgan fingerprint density at radius 1 is 1.36 bits per heavy atom. The molecule has 2 aromatic rings. The molecular weight excluding hydrogens is 294 g/mol. The average Bonchev–Trinajstić information content (AvgIpc) is 2.77. The number of aliphatic hydroxyl groups is 1. The molecule has 0 radical (unpaired) electrons. The smallest absolute Gasteiger partial charge is 0.224 e. The van der Waals surface area contributed by atoms with Crippen molar-refractivity contribution in [1.29, 1.82) is 0 Å². The maximum Gasteiger partial charge on any atom is 0.224 e. The van der Waals surface area contributed by atoms with E-state index in [1.807, 2.05) is 0 Å². The fraction of sp³-hybridized carbons (Fsp3) is 0.333. The van der Waals surface area contributed by atoms with Crippen LogP contribution in [-0.4, -0.2) is 22.7 Å². The van der Waals surface area contributed by atoms with Crippen molar-refractivity contribution in [3.63, 3.8) is 0 Å². The molecule has 1 aromatic heterocycles. The van der Waals surface area contributed by atoms with E-state index in [1.165, 1.54) is 6.07 Å². The Balaban J connectivity index is 1.96. The Labute approximate surface area is 125 Å². The number of rotatable bonds is 5. The molecule has 2 N–H and O–H groups in total. The number of aryl methyl sites for hydroxylation is 2. The van der Waals surface area contributed by atoms with Crippen LogP contribution in [0.15, 0.2) is 22.7 Å². The third-order valence-corrected chi connectivity index (χ3v) is 3.34. The van der Waals surface area contributed by atoms with E-state index in [2.05, 4.69) is 10.5 Å². The summed E-state index contributed by atoms with van der Waals surface area (Å²) in [4.78, 5) is 11.8. The van der Waals surface area contributed by atoms with E-state index in [4.69, 9.17) is 4.52 Å². The molecule has 0 aliphatic heterocycles. The SMILES string of the molecule is Cc1noc(C)c1CC(=O)NC[C@H](O)c1c(F)cccc1F. The number of amides is 1. The summed E-state index contributed by atoms with van der Waals surface area (Å²) in [6.07, 6.45) is -1.44. The molecule has 1 atom stereocenters. The third-order valence-electron chi connectivity index (χ3n) is 3.34. The zero-order valence-electron chi connectivity index (χ0n) is 12.2. The lowest BCUT2D eigenvalue weighted by molar-refractivity contribution is -0.121. The van der Waals surface area contributed by atoms with Crippen LogP contribution in [-0.2, 0) is 11.2 Å². The molecule has 1 heterocycles. The van der Waals surface area contributed by atoms with Crippen LogP contribution >= 0.6 is 0 Å². The minimum atomic E-state index is -1.46. The van der Waals surface area contributed by atoms with Gasteiger partial charge in [-0.2, -0.15) is 0 Å². The molecule has 0 aliphatic carbocycles. The van der Waals surface area contributed by atoms with E-state index in [0.717, 1.165) is 12.1 Å². The first kappa shape index (κ1) is 16.1. The monoisotopic (exact) mass is 310 g/mol. The third kappa shape index (κ3) is 3.48. The lowest BCUT2D eigenvalue weighted by Gasteiger charge is -2.13. The Hall–Kier alpha value is -2.28. The Morgan fingerprint density at radius 3 is 2.55 bits per heavy atom. The van der Waals surface area contributed by atoms with Gasteiger partial charge in [-0.3, -0.25) is 4.79 Å². The maximum atomic E-state index is 13.5. The second kappa shape index (κ2) is 6.65. The van der Waals surface area contributed by atoms with Gasteiger partial charge < -0.3 is 14.9 Å². The number of carbonyl (C=O) groups is 1. The lowest BCUT2D eigenvalue weighted by Crippen LogP contribution is -2.30. The first-order valence-electron chi connectivity index (χ1n) is 6.70. The minimum absolute atomic E-state index is 0.0215. The first-order chi connectivity index (χ1) is 10.4. The topological polar surface area (TPSA) is 75.4 Å². The van der Waals surface area contributed by atoms with Gasteiger partial charge in [0.15, 0.2) is 0 Å². The first-order valence-corrected chi connectivity index (χ1v) is 6.70. The van der Waals surface area contributed by atoms with Crippen molar-refractivity contribution >= 4 is 5.91 Å². The summed E-state index contributed by atoms with van der Waals surface area (Å²) in [5.41, 5.74) is 0.803. The van der Waals surface area contributed by atoms with E-state index in [9.17, 15) is 18.7 Å². The van der Waals surface area contributed by atoms with Gasteiger partial charge in [-0.15, -0.1) is 0 Å². The molecule has 0 unspecified atom stereocenters. The molecule has 0 saturated carbocycles. The number of aliphatic hydroxyl groups excluding tert-OH is 1. The number of nitrogens with zero attached hydrogens (tertiary/aromatic N) is 1. The normalized spacial score (nSPS) is 12.2. The molecule has 0 fully saturated rings. The van der Waals surface area contributed by atoms with Crippen molar-refractivity contribution in [2.24, 2.45) is 0 Å². The summed E-state index contributed by atoms with van der Waals surface area (Å²) in [6, 6.07) is 3.30. The van der Waals surface area contributed by atoms with Gasteiger partial charge in [0, 0.05) is 12.1 Å². The molecule has 118 valence electrons. The summed E-state index contributed by atoms with van der Waals surface area (Å²) in [6.45, 7) is 3.11. The van der Waals surface area contributed by atoms with Gasteiger partial charge in [0.25, 0.3) is 0 Å². The Bertz CT molecular complexity index is 646. The van der Waals surface area contributed by atoms with Gasteiger partial charge in [-0.25, -0.2) is 8.78 Å². The molecule has 2 rings (SSSR count). The molecule has 5 nitrogen and oxygen atoms in total. The molecule has 1 amide bonds. The van der Waals surface area contributed by atoms with Crippen LogP contribution in [0.25, 0.3) is 0 Å². The van der Waals surface area contributed by atoms with Gasteiger partial charge in [0.1, 0.15) is 23.5 Å².